The molecule has 1 amide bonds. The van der Waals surface area contributed by atoms with Gasteiger partial charge in [0, 0.05) is 12.2 Å². The number of rotatable bonds is 6. The summed E-state index contributed by atoms with van der Waals surface area (Å²) in [6.07, 6.45) is 0.248. The summed E-state index contributed by atoms with van der Waals surface area (Å²) in [6, 6.07) is 9.48. The minimum atomic E-state index is -0.438. The van der Waals surface area contributed by atoms with Crippen LogP contribution in [0.1, 0.15) is 27.3 Å². The van der Waals surface area contributed by atoms with E-state index < -0.39 is 5.97 Å². The van der Waals surface area contributed by atoms with Crippen molar-refractivity contribution in [3.63, 3.8) is 0 Å². The maximum Gasteiger partial charge on any atom is 0.350 e. The predicted octanol–water partition coefficient (Wildman–Crippen LogP) is 3.40. The van der Waals surface area contributed by atoms with Gasteiger partial charge in [-0.3, -0.25) is 9.79 Å². The van der Waals surface area contributed by atoms with Gasteiger partial charge in [0.1, 0.15) is 11.5 Å². The van der Waals surface area contributed by atoms with E-state index in [2.05, 4.69) is 20.2 Å². The number of ether oxygens (including phenoxy) is 1. The quantitative estimate of drug-likeness (QED) is 0.730. The van der Waals surface area contributed by atoms with Crippen molar-refractivity contribution in [2.45, 2.75) is 20.0 Å². The zero-order valence-electron chi connectivity index (χ0n) is 15.2. The predicted molar refractivity (Wildman–Crippen MR) is 110 cm³/mol. The van der Waals surface area contributed by atoms with E-state index in [1.807, 2.05) is 35.7 Å². The Morgan fingerprint density at radius 3 is 2.93 bits per heavy atom. The fourth-order valence-corrected chi connectivity index (χ4v) is 4.70. The number of aromatic nitrogens is 1. The smallest absolute Gasteiger partial charge is 0.350 e. The first kappa shape index (κ1) is 18.7. The summed E-state index contributed by atoms with van der Waals surface area (Å²) in [7, 11) is 0. The van der Waals surface area contributed by atoms with Crippen LogP contribution in [0.15, 0.2) is 46.4 Å². The average Bonchev–Trinajstić information content (AvgIpc) is 3.38. The summed E-state index contributed by atoms with van der Waals surface area (Å²) in [5.74, 6) is -0.606. The van der Waals surface area contributed by atoms with Crippen molar-refractivity contribution in [2.24, 2.45) is 4.99 Å². The molecule has 0 unspecified atom stereocenters. The number of esters is 1. The SMILES string of the molecule is Cc1nc(NC(=O)CC2=CSC3=NCCN23)sc1C(=O)OCc1ccccc1. The van der Waals surface area contributed by atoms with E-state index in [9.17, 15) is 9.59 Å². The fraction of sp³-hybridized carbons (Fsp3) is 0.263. The number of nitrogens with zero attached hydrogens (tertiary/aromatic N) is 3. The second kappa shape index (κ2) is 8.15. The summed E-state index contributed by atoms with van der Waals surface area (Å²) in [6.45, 7) is 3.51. The highest BCUT2D eigenvalue weighted by Gasteiger charge is 2.27. The number of fused-ring (bicyclic) bond motifs is 1. The van der Waals surface area contributed by atoms with Gasteiger partial charge in [-0.25, -0.2) is 9.78 Å². The fourth-order valence-electron chi connectivity index (χ4n) is 2.87. The minimum Gasteiger partial charge on any atom is -0.457 e. The van der Waals surface area contributed by atoms with Gasteiger partial charge in [-0.05, 0) is 17.9 Å². The molecule has 28 heavy (non-hydrogen) atoms. The van der Waals surface area contributed by atoms with Crippen LogP contribution in [-0.2, 0) is 16.1 Å². The monoisotopic (exact) mass is 414 g/mol. The number of hydrogen-bond acceptors (Lipinski definition) is 8. The Labute approximate surface area is 170 Å². The Kier molecular flexibility index (Phi) is 5.45. The number of amides is 1. The van der Waals surface area contributed by atoms with Crippen LogP contribution in [0.3, 0.4) is 0 Å². The lowest BCUT2D eigenvalue weighted by molar-refractivity contribution is -0.115. The maximum atomic E-state index is 12.4. The lowest BCUT2D eigenvalue weighted by Crippen LogP contribution is -2.24. The van der Waals surface area contributed by atoms with E-state index >= 15 is 0 Å². The molecule has 0 saturated heterocycles. The third kappa shape index (κ3) is 4.10. The van der Waals surface area contributed by atoms with Crippen molar-refractivity contribution in [2.75, 3.05) is 18.4 Å². The molecule has 0 fully saturated rings. The molecule has 4 rings (SSSR count). The van der Waals surface area contributed by atoms with Crippen LogP contribution in [0.2, 0.25) is 0 Å². The van der Waals surface area contributed by atoms with Gasteiger partial charge in [-0.1, -0.05) is 53.4 Å². The largest absolute Gasteiger partial charge is 0.457 e. The summed E-state index contributed by atoms with van der Waals surface area (Å²) in [4.78, 5) is 35.8. The van der Waals surface area contributed by atoms with Crippen molar-refractivity contribution in [1.82, 2.24) is 9.88 Å². The third-order valence-corrected chi connectivity index (χ3v) is 6.23. The Morgan fingerprint density at radius 1 is 1.29 bits per heavy atom. The number of carbonyl (C=O) groups is 2. The number of nitrogens with one attached hydrogen (secondary N) is 1. The Bertz CT molecular complexity index is 969. The first-order valence-corrected chi connectivity index (χ1v) is 10.5. The Hall–Kier alpha value is -2.65. The van der Waals surface area contributed by atoms with Crippen LogP contribution in [0.25, 0.3) is 0 Å². The molecule has 1 aromatic carbocycles. The van der Waals surface area contributed by atoms with Crippen molar-refractivity contribution < 1.29 is 14.3 Å². The molecular formula is C19H18N4O3S2. The molecule has 9 heteroatoms. The first-order valence-electron chi connectivity index (χ1n) is 8.76. The molecule has 0 atom stereocenters. The van der Waals surface area contributed by atoms with Crippen molar-refractivity contribution in [1.29, 1.82) is 0 Å². The summed E-state index contributed by atoms with van der Waals surface area (Å²) >= 11 is 2.67. The van der Waals surface area contributed by atoms with Crippen molar-refractivity contribution >= 4 is 45.3 Å². The van der Waals surface area contributed by atoms with Gasteiger partial charge in [0.05, 0.1) is 18.7 Å². The highest BCUT2D eigenvalue weighted by Crippen LogP contribution is 2.31. The molecular weight excluding hydrogens is 396 g/mol. The molecule has 2 aromatic rings. The minimum absolute atomic E-state index is 0.169. The maximum absolute atomic E-state index is 12.4. The van der Waals surface area contributed by atoms with E-state index in [1.165, 1.54) is 0 Å². The molecule has 1 N–H and O–H groups in total. The number of thiazole rings is 1. The first-order chi connectivity index (χ1) is 13.6. The highest BCUT2D eigenvalue weighted by molar-refractivity contribution is 8.16. The van der Waals surface area contributed by atoms with Crippen LogP contribution in [0.4, 0.5) is 5.13 Å². The molecule has 0 spiro atoms. The second-order valence-corrected chi connectivity index (χ2v) is 8.10. The van der Waals surface area contributed by atoms with Crippen LogP contribution in [-0.4, -0.2) is 40.0 Å². The number of aliphatic imine (C=N–C) groups is 1. The zero-order valence-corrected chi connectivity index (χ0v) is 16.8. The molecule has 0 radical (unpaired) electrons. The molecule has 0 aliphatic carbocycles. The van der Waals surface area contributed by atoms with Crippen molar-refractivity contribution in [3.8, 4) is 0 Å². The number of amidine groups is 1. The van der Waals surface area contributed by atoms with E-state index in [1.54, 1.807) is 18.7 Å². The summed E-state index contributed by atoms with van der Waals surface area (Å²) < 4.78 is 5.36. The van der Waals surface area contributed by atoms with Crippen molar-refractivity contribution in [3.05, 3.63) is 57.6 Å². The van der Waals surface area contributed by atoms with Gasteiger partial charge >= 0.3 is 5.97 Å². The van der Waals surface area contributed by atoms with Gasteiger partial charge in [-0.2, -0.15) is 0 Å². The molecule has 7 nitrogen and oxygen atoms in total. The second-order valence-electron chi connectivity index (χ2n) is 6.26. The number of benzene rings is 1. The molecule has 144 valence electrons. The lowest BCUT2D eigenvalue weighted by Gasteiger charge is -2.15. The number of thioether (sulfide) groups is 1. The zero-order chi connectivity index (χ0) is 19.5. The number of hydrogen-bond donors (Lipinski definition) is 1. The van der Waals surface area contributed by atoms with Gasteiger partial charge < -0.3 is 15.0 Å². The molecule has 0 bridgehead atoms. The van der Waals surface area contributed by atoms with Crippen LogP contribution < -0.4 is 5.32 Å². The summed E-state index contributed by atoms with van der Waals surface area (Å²) in [5, 5.41) is 6.09. The topological polar surface area (TPSA) is 83.9 Å². The molecule has 2 aliphatic heterocycles. The van der Waals surface area contributed by atoms with Gasteiger partial charge in [0.2, 0.25) is 5.91 Å². The highest BCUT2D eigenvalue weighted by atomic mass is 32.2. The molecule has 0 saturated carbocycles. The normalized spacial score (nSPS) is 15.1. The molecule has 1 aromatic heterocycles. The van der Waals surface area contributed by atoms with Crippen LogP contribution in [0.5, 0.6) is 0 Å². The standard InChI is InChI=1S/C19H18N4O3S2/c1-12-16(17(25)26-10-13-5-3-2-4-6-13)28-18(21-12)22-15(24)9-14-11-27-19-20-7-8-23(14)19/h2-6,11H,7-10H2,1H3,(H,21,22,24). The number of carbonyl (C=O) groups excluding carboxylic acids is 2. The van der Waals surface area contributed by atoms with E-state index in [-0.39, 0.29) is 18.9 Å². The van der Waals surface area contributed by atoms with E-state index in [4.69, 9.17) is 4.74 Å². The van der Waals surface area contributed by atoms with Crippen LogP contribution in [0, 0.1) is 6.92 Å². The number of anilines is 1. The lowest BCUT2D eigenvalue weighted by atomic mass is 10.2. The summed E-state index contributed by atoms with van der Waals surface area (Å²) in [5.41, 5.74) is 2.40. The van der Waals surface area contributed by atoms with Gasteiger partial charge in [0.25, 0.3) is 0 Å². The Balaban J connectivity index is 1.34. The molecule has 3 heterocycles. The van der Waals surface area contributed by atoms with E-state index in [0.29, 0.717) is 15.7 Å². The average molecular weight is 415 g/mol. The van der Waals surface area contributed by atoms with E-state index in [0.717, 1.165) is 40.9 Å². The Morgan fingerprint density at radius 2 is 2.11 bits per heavy atom. The van der Waals surface area contributed by atoms with Gasteiger partial charge in [0.15, 0.2) is 10.3 Å². The van der Waals surface area contributed by atoms with Crippen LogP contribution >= 0.6 is 23.1 Å². The number of aryl methyl sites for hydroxylation is 1. The third-order valence-electron chi connectivity index (χ3n) is 4.23. The molecule has 2 aliphatic rings. The van der Waals surface area contributed by atoms with Gasteiger partial charge in [-0.15, -0.1) is 0 Å².